The number of halogens is 3. The number of nitrogens with two attached hydrogens (primary N) is 1. The summed E-state index contributed by atoms with van der Waals surface area (Å²) in [7, 11) is 1.54. The van der Waals surface area contributed by atoms with Gasteiger partial charge in [0.05, 0.1) is 19.3 Å². The minimum absolute atomic E-state index is 0.0653. The fourth-order valence-electron chi connectivity index (χ4n) is 4.68. The molecule has 4 aromatic rings. The van der Waals surface area contributed by atoms with Gasteiger partial charge in [-0.1, -0.05) is 6.07 Å². The van der Waals surface area contributed by atoms with Crippen molar-refractivity contribution < 1.29 is 23.0 Å². The van der Waals surface area contributed by atoms with E-state index >= 15 is 0 Å². The fraction of sp³-hybridized carbons (Fsp3) is 0.478. The Morgan fingerprint density at radius 2 is 1.97 bits per heavy atom. The van der Waals surface area contributed by atoms with E-state index in [9.17, 15) is 18.3 Å². The first kappa shape index (κ1) is 24.1. The molecule has 0 radical (unpaired) electrons. The number of piperidine rings is 1. The van der Waals surface area contributed by atoms with Crippen LogP contribution in [0, 0.1) is 0 Å². The van der Waals surface area contributed by atoms with Crippen LogP contribution in [-0.2, 0) is 12.7 Å². The van der Waals surface area contributed by atoms with E-state index in [2.05, 4.69) is 15.2 Å². The monoisotopic (exact) mass is 504 g/mol. The number of anilines is 2. The number of nitrogens with zero attached hydrogens (tertiary/aromatic N) is 7. The third-order valence-electron chi connectivity index (χ3n) is 6.21. The summed E-state index contributed by atoms with van der Waals surface area (Å²) in [5, 5.41) is 19.6. The van der Waals surface area contributed by atoms with Gasteiger partial charge in [-0.25, -0.2) is 9.97 Å². The lowest BCUT2D eigenvalue weighted by Gasteiger charge is -2.32. The van der Waals surface area contributed by atoms with Crippen LogP contribution in [0.3, 0.4) is 0 Å². The van der Waals surface area contributed by atoms with E-state index in [0.29, 0.717) is 47.5 Å². The van der Waals surface area contributed by atoms with Gasteiger partial charge in [-0.15, -0.1) is 5.10 Å². The van der Waals surface area contributed by atoms with Gasteiger partial charge in [-0.05, 0) is 38.8 Å². The summed E-state index contributed by atoms with van der Waals surface area (Å²) in [5.41, 5.74) is 5.17. The summed E-state index contributed by atoms with van der Waals surface area (Å²) >= 11 is 0. The molecule has 1 saturated heterocycles. The van der Waals surface area contributed by atoms with Gasteiger partial charge in [-0.2, -0.15) is 22.8 Å². The highest BCUT2D eigenvalue weighted by Gasteiger charge is 2.39. The van der Waals surface area contributed by atoms with Crippen molar-refractivity contribution in [1.82, 2.24) is 29.4 Å². The molecule has 1 aliphatic rings. The van der Waals surface area contributed by atoms with Gasteiger partial charge in [0.2, 0.25) is 5.95 Å². The van der Waals surface area contributed by atoms with Crippen molar-refractivity contribution in [3.8, 4) is 5.75 Å². The summed E-state index contributed by atoms with van der Waals surface area (Å²) in [6, 6.07) is 5.44. The Morgan fingerprint density at radius 1 is 1.19 bits per heavy atom. The Labute approximate surface area is 204 Å². The van der Waals surface area contributed by atoms with Crippen LogP contribution in [0.4, 0.5) is 24.9 Å². The summed E-state index contributed by atoms with van der Waals surface area (Å²) in [6.07, 6.45) is -2.29. The van der Waals surface area contributed by atoms with E-state index in [4.69, 9.17) is 15.5 Å². The number of hydrogen-bond donors (Lipinski definition) is 2. The van der Waals surface area contributed by atoms with Crippen molar-refractivity contribution in [3.05, 3.63) is 35.8 Å². The molecule has 13 heteroatoms. The molecule has 4 heterocycles. The lowest BCUT2D eigenvalue weighted by molar-refractivity contribution is -0.137. The quantitative estimate of drug-likeness (QED) is 0.425. The molecule has 1 aliphatic heterocycles. The molecule has 192 valence electrons. The predicted molar refractivity (Wildman–Crippen MR) is 127 cm³/mol. The number of methoxy groups -OCH3 is 1. The number of aromatic nitrogens is 6. The van der Waals surface area contributed by atoms with Crippen LogP contribution >= 0.6 is 0 Å². The van der Waals surface area contributed by atoms with Gasteiger partial charge in [0.25, 0.3) is 0 Å². The predicted octanol–water partition coefficient (Wildman–Crippen LogP) is 3.24. The lowest BCUT2D eigenvalue weighted by atomic mass is 9.97. The van der Waals surface area contributed by atoms with Crippen molar-refractivity contribution in [2.24, 2.45) is 0 Å². The number of para-hydroxylation sites is 1. The lowest BCUT2D eigenvalue weighted by Crippen LogP contribution is -2.36. The summed E-state index contributed by atoms with van der Waals surface area (Å²) in [6.45, 7) is 3.65. The van der Waals surface area contributed by atoms with Crippen molar-refractivity contribution in [1.29, 1.82) is 0 Å². The maximum atomic E-state index is 13.9. The molecule has 3 N–H and O–H groups in total. The second-order valence-electron chi connectivity index (χ2n) is 9.69. The zero-order valence-corrected chi connectivity index (χ0v) is 20.1. The zero-order chi connectivity index (χ0) is 25.8. The van der Waals surface area contributed by atoms with Crippen LogP contribution in [0.5, 0.6) is 5.75 Å². The molecule has 0 bridgehead atoms. The number of benzene rings is 1. The maximum absolute atomic E-state index is 13.9. The van der Waals surface area contributed by atoms with Crippen LogP contribution in [-0.4, -0.2) is 60.3 Å². The highest BCUT2D eigenvalue weighted by Crippen LogP contribution is 2.39. The molecular weight excluding hydrogens is 477 g/mol. The first-order chi connectivity index (χ1) is 16.9. The molecule has 3 aromatic heterocycles. The third kappa shape index (κ3) is 4.38. The van der Waals surface area contributed by atoms with Crippen LogP contribution in [0.2, 0.25) is 0 Å². The highest BCUT2D eigenvalue weighted by atomic mass is 19.4. The Bertz CT molecular complexity index is 1420. The van der Waals surface area contributed by atoms with E-state index in [1.54, 1.807) is 18.1 Å². The van der Waals surface area contributed by atoms with Crippen molar-refractivity contribution >= 4 is 28.3 Å². The van der Waals surface area contributed by atoms with Crippen LogP contribution in [0.15, 0.2) is 24.4 Å². The zero-order valence-electron chi connectivity index (χ0n) is 20.1. The largest absolute Gasteiger partial charge is 0.494 e. The number of hydrogen-bond acceptors (Lipinski definition) is 8. The molecule has 1 atom stereocenters. The normalized spacial score (nSPS) is 17.3. The molecule has 1 fully saturated rings. The summed E-state index contributed by atoms with van der Waals surface area (Å²) in [4.78, 5) is 10.8. The van der Waals surface area contributed by atoms with E-state index in [1.165, 1.54) is 18.4 Å². The number of fused-ring (bicyclic) bond motifs is 3. The number of aliphatic hydroxyl groups is 1. The van der Waals surface area contributed by atoms with E-state index in [0.717, 1.165) is 10.9 Å². The fourth-order valence-corrected chi connectivity index (χ4v) is 4.68. The number of alkyl halides is 3. The van der Waals surface area contributed by atoms with Gasteiger partial charge >= 0.3 is 6.18 Å². The molecule has 0 amide bonds. The molecular formula is C23H27F3N8O2. The Kier molecular flexibility index (Phi) is 5.69. The van der Waals surface area contributed by atoms with Gasteiger partial charge in [-0.3, -0.25) is 4.68 Å². The first-order valence-corrected chi connectivity index (χ1v) is 11.6. The van der Waals surface area contributed by atoms with E-state index in [-0.39, 0.29) is 30.8 Å². The SMILES string of the molecule is COc1cccc2c1nc(N)n1nc([C@@H]3CCCN(c4nn(CC(C)(C)O)cc4C(F)(F)F)C3)nc21. The number of ether oxygens (including phenoxy) is 1. The second kappa shape index (κ2) is 8.50. The van der Waals surface area contributed by atoms with Crippen molar-refractivity contribution in [2.75, 3.05) is 30.8 Å². The van der Waals surface area contributed by atoms with Crippen LogP contribution in [0.25, 0.3) is 16.6 Å². The first-order valence-electron chi connectivity index (χ1n) is 11.6. The topological polar surface area (TPSA) is 120 Å². The molecule has 1 aromatic carbocycles. The Morgan fingerprint density at radius 3 is 2.67 bits per heavy atom. The van der Waals surface area contributed by atoms with Crippen molar-refractivity contribution in [2.45, 2.75) is 50.9 Å². The Balaban J connectivity index is 1.51. The minimum Gasteiger partial charge on any atom is -0.494 e. The standard InChI is InChI=1S/C23H27F3N8O2/c1-22(2,35)12-33-11-15(23(24,25)26)20(31-33)32-9-5-6-13(10-32)18-29-19-14-7-4-8-16(36-3)17(14)28-21(27)34(19)30-18/h4,7-8,11,13,35H,5-6,9-10,12H2,1-3H3,(H2,27,28)/t13-/m1/s1. The number of nitrogen functional groups attached to an aromatic ring is 1. The second-order valence-corrected chi connectivity index (χ2v) is 9.69. The molecule has 0 spiro atoms. The molecule has 0 unspecified atom stereocenters. The minimum atomic E-state index is -4.58. The van der Waals surface area contributed by atoms with Crippen molar-refractivity contribution in [3.63, 3.8) is 0 Å². The molecule has 0 saturated carbocycles. The van der Waals surface area contributed by atoms with Crippen LogP contribution in [0.1, 0.15) is 44.0 Å². The third-order valence-corrected chi connectivity index (χ3v) is 6.21. The Hall–Kier alpha value is -3.61. The van der Waals surface area contributed by atoms with Gasteiger partial charge < -0.3 is 20.5 Å². The molecule has 0 aliphatic carbocycles. The smallest absolute Gasteiger partial charge is 0.421 e. The molecule has 10 nitrogen and oxygen atoms in total. The number of rotatable bonds is 5. The van der Waals surface area contributed by atoms with Gasteiger partial charge in [0.15, 0.2) is 17.3 Å². The van der Waals surface area contributed by atoms with Crippen LogP contribution < -0.4 is 15.4 Å². The molecule has 36 heavy (non-hydrogen) atoms. The summed E-state index contributed by atoms with van der Waals surface area (Å²) < 4.78 is 49.6. The average molecular weight is 505 g/mol. The highest BCUT2D eigenvalue weighted by molar-refractivity contribution is 5.95. The van der Waals surface area contributed by atoms with E-state index in [1.807, 2.05) is 12.1 Å². The average Bonchev–Trinajstić information content (AvgIpc) is 3.43. The summed E-state index contributed by atoms with van der Waals surface area (Å²) in [5.74, 6) is 0.776. The molecule has 5 rings (SSSR count). The van der Waals surface area contributed by atoms with Gasteiger partial charge in [0.1, 0.15) is 16.8 Å². The van der Waals surface area contributed by atoms with Gasteiger partial charge in [0, 0.05) is 30.6 Å². The van der Waals surface area contributed by atoms with E-state index < -0.39 is 17.3 Å². The maximum Gasteiger partial charge on any atom is 0.421 e.